The van der Waals surface area contributed by atoms with Gasteiger partial charge in [-0.2, -0.15) is 0 Å². The lowest BCUT2D eigenvalue weighted by atomic mass is 10.0. The highest BCUT2D eigenvalue weighted by Gasteiger charge is 2.10. The van der Waals surface area contributed by atoms with Crippen molar-refractivity contribution < 1.29 is 13.6 Å². The van der Waals surface area contributed by atoms with Gasteiger partial charge in [-0.3, -0.25) is 0 Å². The van der Waals surface area contributed by atoms with Crippen molar-refractivity contribution in [3.8, 4) is 5.75 Å². The van der Waals surface area contributed by atoms with Gasteiger partial charge in [-0.15, -0.1) is 4.20 Å². The largest absolute Gasteiger partial charge is 0.436 e. The van der Waals surface area contributed by atoms with Gasteiger partial charge in [0.2, 0.25) is 0 Å². The van der Waals surface area contributed by atoms with Crippen molar-refractivity contribution in [3.63, 3.8) is 0 Å². The second kappa shape index (κ2) is 10.1. The Morgan fingerprint density at radius 3 is 2.40 bits per heavy atom. The van der Waals surface area contributed by atoms with E-state index in [9.17, 15) is 4.20 Å². The fourth-order valence-corrected chi connectivity index (χ4v) is 2.69. The predicted molar refractivity (Wildman–Crippen MR) is 83.8 cm³/mol. The minimum atomic E-state index is -2.83. The maximum Gasteiger partial charge on any atom is 0.436 e. The van der Waals surface area contributed by atoms with E-state index in [2.05, 4.69) is 6.92 Å². The molecule has 0 aromatic heterocycles. The molecular formula is C16H26FO2P. The van der Waals surface area contributed by atoms with Crippen LogP contribution in [0, 0.1) is 6.92 Å². The molecule has 1 aromatic carbocycles. The number of hydrogen-bond donors (Lipinski definition) is 1. The molecule has 0 aliphatic heterocycles. The molecule has 20 heavy (non-hydrogen) atoms. The topological polar surface area (TPSA) is 29.5 Å². The van der Waals surface area contributed by atoms with E-state index in [0.29, 0.717) is 5.75 Å². The highest BCUT2D eigenvalue weighted by Crippen LogP contribution is 2.37. The minimum Gasteiger partial charge on any atom is -0.424 e. The van der Waals surface area contributed by atoms with Gasteiger partial charge in [0.1, 0.15) is 5.75 Å². The first-order valence-corrected chi connectivity index (χ1v) is 8.66. The van der Waals surface area contributed by atoms with Crippen molar-refractivity contribution in [1.29, 1.82) is 0 Å². The zero-order valence-corrected chi connectivity index (χ0v) is 13.5. The third-order valence-electron chi connectivity index (χ3n) is 3.44. The molecule has 2 nitrogen and oxygen atoms in total. The van der Waals surface area contributed by atoms with E-state index in [4.69, 9.17) is 9.42 Å². The Morgan fingerprint density at radius 2 is 1.75 bits per heavy atom. The number of aryl methyl sites for hydroxylation is 2. The fourth-order valence-electron chi connectivity index (χ4n) is 2.35. The van der Waals surface area contributed by atoms with Crippen molar-refractivity contribution >= 4 is 8.69 Å². The molecule has 114 valence electrons. The molecular weight excluding hydrogens is 274 g/mol. The van der Waals surface area contributed by atoms with Crippen LogP contribution in [0.15, 0.2) is 18.2 Å². The van der Waals surface area contributed by atoms with E-state index in [-0.39, 0.29) is 0 Å². The Kier molecular flexibility index (Phi) is 8.80. The van der Waals surface area contributed by atoms with Crippen LogP contribution in [0.4, 0.5) is 4.20 Å². The molecule has 1 atom stereocenters. The van der Waals surface area contributed by atoms with E-state index in [1.54, 1.807) is 6.07 Å². The summed E-state index contributed by atoms with van der Waals surface area (Å²) >= 11 is 0. The fraction of sp³-hybridized carbons (Fsp3) is 0.625. The van der Waals surface area contributed by atoms with Gasteiger partial charge in [0.15, 0.2) is 0 Å². The smallest absolute Gasteiger partial charge is 0.424 e. The van der Waals surface area contributed by atoms with E-state index in [0.717, 1.165) is 24.0 Å². The lowest BCUT2D eigenvalue weighted by Gasteiger charge is -2.11. The first-order chi connectivity index (χ1) is 9.63. The predicted octanol–water partition coefficient (Wildman–Crippen LogP) is 5.86. The SMILES string of the molecule is CCCCCCCCCc1cc(C)ccc1OP(O)F. The summed E-state index contributed by atoms with van der Waals surface area (Å²) in [6.07, 6.45) is 9.65. The number of benzene rings is 1. The maximum atomic E-state index is 12.6. The number of hydrogen-bond acceptors (Lipinski definition) is 2. The van der Waals surface area contributed by atoms with E-state index >= 15 is 0 Å². The molecule has 0 amide bonds. The highest BCUT2D eigenvalue weighted by atomic mass is 31.2. The Labute approximate surface area is 123 Å². The van der Waals surface area contributed by atoms with Gasteiger partial charge in [-0.05, 0) is 31.4 Å². The number of unbranched alkanes of at least 4 members (excludes halogenated alkanes) is 6. The van der Waals surface area contributed by atoms with Crippen molar-refractivity contribution in [1.82, 2.24) is 0 Å². The van der Waals surface area contributed by atoms with Crippen LogP contribution in [0.25, 0.3) is 0 Å². The summed E-state index contributed by atoms with van der Waals surface area (Å²) in [5.74, 6) is 0.484. The van der Waals surface area contributed by atoms with Gasteiger partial charge in [0.25, 0.3) is 0 Å². The average molecular weight is 300 g/mol. The van der Waals surface area contributed by atoms with Crippen molar-refractivity contribution in [2.24, 2.45) is 0 Å². The third-order valence-corrected chi connectivity index (χ3v) is 3.79. The Hall–Kier alpha value is -0.660. The molecule has 4 heteroatoms. The monoisotopic (exact) mass is 300 g/mol. The number of halogens is 1. The third kappa shape index (κ3) is 7.21. The van der Waals surface area contributed by atoms with Crippen LogP contribution in [0.5, 0.6) is 5.75 Å². The molecule has 0 saturated heterocycles. The first kappa shape index (κ1) is 17.4. The van der Waals surface area contributed by atoms with Gasteiger partial charge >= 0.3 is 8.69 Å². The molecule has 1 rings (SSSR count). The quantitative estimate of drug-likeness (QED) is 0.433. The van der Waals surface area contributed by atoms with Crippen molar-refractivity contribution in [2.45, 2.75) is 65.2 Å². The van der Waals surface area contributed by atoms with E-state index in [1.807, 2.05) is 19.1 Å². The summed E-state index contributed by atoms with van der Waals surface area (Å²) in [5.41, 5.74) is 2.13. The van der Waals surface area contributed by atoms with Crippen LogP contribution >= 0.6 is 8.69 Å². The molecule has 0 bridgehead atoms. The highest BCUT2D eigenvalue weighted by molar-refractivity contribution is 7.40. The standard InChI is InChI=1S/C16H26FO2P/c1-3-4-5-6-7-8-9-10-15-13-14(2)11-12-16(15)19-20(17)18/h11-13,18H,3-10H2,1-2H3. The first-order valence-electron chi connectivity index (χ1n) is 7.55. The second-order valence-corrected chi connectivity index (χ2v) is 5.94. The Bertz CT molecular complexity index is 383. The number of rotatable bonds is 10. The van der Waals surface area contributed by atoms with Crippen LogP contribution in [0.3, 0.4) is 0 Å². The second-order valence-electron chi connectivity index (χ2n) is 5.30. The Morgan fingerprint density at radius 1 is 1.10 bits per heavy atom. The minimum absolute atomic E-state index is 0.484. The summed E-state index contributed by atoms with van der Waals surface area (Å²) in [5, 5.41) is 0. The molecule has 0 heterocycles. The summed E-state index contributed by atoms with van der Waals surface area (Å²) in [6.45, 7) is 4.23. The average Bonchev–Trinajstić information content (AvgIpc) is 2.40. The molecule has 1 aromatic rings. The summed E-state index contributed by atoms with van der Waals surface area (Å²) < 4.78 is 17.5. The summed E-state index contributed by atoms with van der Waals surface area (Å²) in [7, 11) is -2.83. The zero-order chi connectivity index (χ0) is 14.8. The molecule has 0 spiro atoms. The Balaban J connectivity index is 2.36. The van der Waals surface area contributed by atoms with Gasteiger partial charge in [-0.1, -0.05) is 63.1 Å². The van der Waals surface area contributed by atoms with Crippen LogP contribution in [-0.2, 0) is 6.42 Å². The molecule has 0 saturated carbocycles. The van der Waals surface area contributed by atoms with Gasteiger partial charge < -0.3 is 9.42 Å². The zero-order valence-electron chi connectivity index (χ0n) is 12.6. The molecule has 0 fully saturated rings. The van der Waals surface area contributed by atoms with Crippen LogP contribution < -0.4 is 4.52 Å². The van der Waals surface area contributed by atoms with Crippen molar-refractivity contribution in [3.05, 3.63) is 29.3 Å². The maximum absolute atomic E-state index is 12.6. The lowest BCUT2D eigenvalue weighted by molar-refractivity contribution is 0.430. The van der Waals surface area contributed by atoms with Gasteiger partial charge in [-0.25, -0.2) is 0 Å². The summed E-state index contributed by atoms with van der Waals surface area (Å²) in [6, 6.07) is 5.64. The molecule has 0 aliphatic rings. The normalized spacial score (nSPS) is 12.4. The van der Waals surface area contributed by atoms with E-state index in [1.165, 1.54) is 38.5 Å². The molecule has 1 N–H and O–H groups in total. The summed E-state index contributed by atoms with van der Waals surface area (Å²) in [4.78, 5) is 8.77. The van der Waals surface area contributed by atoms with Gasteiger partial charge in [0, 0.05) is 0 Å². The van der Waals surface area contributed by atoms with Crippen LogP contribution in [0.2, 0.25) is 0 Å². The molecule has 1 unspecified atom stereocenters. The van der Waals surface area contributed by atoms with Gasteiger partial charge in [0.05, 0.1) is 0 Å². The van der Waals surface area contributed by atoms with Crippen LogP contribution in [0.1, 0.15) is 63.0 Å². The van der Waals surface area contributed by atoms with Crippen LogP contribution in [-0.4, -0.2) is 4.89 Å². The van der Waals surface area contributed by atoms with E-state index < -0.39 is 8.69 Å². The lowest BCUT2D eigenvalue weighted by Crippen LogP contribution is -1.93. The molecule has 0 aliphatic carbocycles. The van der Waals surface area contributed by atoms with Crippen molar-refractivity contribution in [2.75, 3.05) is 0 Å². The molecule has 0 radical (unpaired) electrons.